The average molecular weight is 262 g/mol. The van der Waals surface area contributed by atoms with Gasteiger partial charge in [0, 0.05) is 13.1 Å². The Morgan fingerprint density at radius 2 is 1.89 bits per heavy atom. The fourth-order valence-electron chi connectivity index (χ4n) is 4.10. The smallest absolute Gasteiger partial charge is 0.245 e. The minimum atomic E-state index is -0.134. The first-order valence-electron chi connectivity index (χ1n) is 7.78. The van der Waals surface area contributed by atoms with Gasteiger partial charge in [-0.15, -0.1) is 0 Å². The largest absolute Gasteiger partial charge is 0.331 e. The van der Waals surface area contributed by atoms with Crippen LogP contribution in [0.25, 0.3) is 0 Å². The highest BCUT2D eigenvalue weighted by molar-refractivity contribution is 5.95. The molecule has 0 N–H and O–H groups in total. The molecular weight excluding hydrogens is 240 g/mol. The molecule has 4 rings (SSSR count). The van der Waals surface area contributed by atoms with Crippen LogP contribution in [-0.2, 0) is 9.59 Å². The quantitative estimate of drug-likeness (QED) is 0.771. The molecule has 1 unspecified atom stereocenters. The second-order valence-electron chi connectivity index (χ2n) is 6.93. The first-order chi connectivity index (χ1) is 9.20. The van der Waals surface area contributed by atoms with Crippen LogP contribution < -0.4 is 0 Å². The summed E-state index contributed by atoms with van der Waals surface area (Å²) in [6.07, 6.45) is 8.23. The molecule has 2 saturated carbocycles. The number of carbonyl (C=O) groups excluding carboxylic acids is 2. The van der Waals surface area contributed by atoms with E-state index in [1.807, 2.05) is 9.80 Å². The SMILES string of the molecule is O=C1C2CCCCN2C(=O)CN1CC1(C2CC2)CC1. The maximum atomic E-state index is 12.6. The summed E-state index contributed by atoms with van der Waals surface area (Å²) in [5.74, 6) is 1.25. The lowest BCUT2D eigenvalue weighted by Gasteiger charge is -2.43. The second kappa shape index (κ2) is 3.97. The van der Waals surface area contributed by atoms with Gasteiger partial charge in [0.25, 0.3) is 0 Å². The third-order valence-electron chi connectivity index (χ3n) is 5.59. The van der Waals surface area contributed by atoms with Crippen LogP contribution in [0, 0.1) is 11.3 Å². The number of carbonyl (C=O) groups is 2. The molecule has 1 atom stereocenters. The lowest BCUT2D eigenvalue weighted by molar-refractivity contribution is -0.158. The summed E-state index contributed by atoms with van der Waals surface area (Å²) in [6, 6.07) is -0.134. The third kappa shape index (κ3) is 1.87. The van der Waals surface area contributed by atoms with E-state index < -0.39 is 0 Å². The van der Waals surface area contributed by atoms with Gasteiger partial charge >= 0.3 is 0 Å². The topological polar surface area (TPSA) is 40.6 Å². The van der Waals surface area contributed by atoms with E-state index in [4.69, 9.17) is 0 Å². The first kappa shape index (κ1) is 11.7. The van der Waals surface area contributed by atoms with E-state index >= 15 is 0 Å². The highest BCUT2D eigenvalue weighted by atomic mass is 16.2. The summed E-state index contributed by atoms with van der Waals surface area (Å²) >= 11 is 0. The molecule has 0 radical (unpaired) electrons. The van der Waals surface area contributed by atoms with E-state index in [-0.39, 0.29) is 17.9 Å². The molecule has 0 aromatic heterocycles. The number of fused-ring (bicyclic) bond motifs is 1. The molecule has 4 nitrogen and oxygen atoms in total. The zero-order chi connectivity index (χ0) is 13.0. The van der Waals surface area contributed by atoms with Gasteiger partial charge in [-0.25, -0.2) is 0 Å². The predicted octanol–water partition coefficient (Wildman–Crippen LogP) is 1.40. The molecule has 19 heavy (non-hydrogen) atoms. The van der Waals surface area contributed by atoms with Crippen LogP contribution in [0.3, 0.4) is 0 Å². The number of piperidine rings is 1. The third-order valence-corrected chi connectivity index (χ3v) is 5.59. The lowest BCUT2D eigenvalue weighted by atomic mass is 9.95. The van der Waals surface area contributed by atoms with Gasteiger partial charge in [-0.05, 0) is 56.3 Å². The van der Waals surface area contributed by atoms with E-state index in [1.54, 1.807) is 0 Å². The number of hydrogen-bond acceptors (Lipinski definition) is 2. The Labute approximate surface area is 114 Å². The van der Waals surface area contributed by atoms with Gasteiger partial charge in [0.2, 0.25) is 11.8 Å². The van der Waals surface area contributed by atoms with Gasteiger partial charge in [0.15, 0.2) is 0 Å². The summed E-state index contributed by atoms with van der Waals surface area (Å²) < 4.78 is 0. The van der Waals surface area contributed by atoms with Gasteiger partial charge in [-0.1, -0.05) is 0 Å². The molecular formula is C15H22N2O2. The van der Waals surface area contributed by atoms with E-state index in [1.165, 1.54) is 25.7 Å². The molecule has 2 saturated heterocycles. The molecule has 2 aliphatic heterocycles. The van der Waals surface area contributed by atoms with Gasteiger partial charge < -0.3 is 9.80 Å². The van der Waals surface area contributed by atoms with Crippen molar-refractivity contribution in [3.63, 3.8) is 0 Å². The second-order valence-corrected chi connectivity index (χ2v) is 6.93. The number of hydrogen-bond donors (Lipinski definition) is 0. The standard InChI is InChI=1S/C15H22N2O2/c18-13-9-16(10-15(6-7-15)11-4-5-11)14(19)12-3-1-2-8-17(12)13/h11-12H,1-10H2. The van der Waals surface area contributed by atoms with Crippen molar-refractivity contribution in [2.45, 2.75) is 51.0 Å². The first-order valence-corrected chi connectivity index (χ1v) is 7.78. The Morgan fingerprint density at radius 1 is 1.11 bits per heavy atom. The van der Waals surface area contributed by atoms with Crippen molar-refractivity contribution >= 4 is 11.8 Å². The summed E-state index contributed by atoms with van der Waals surface area (Å²) in [5, 5.41) is 0. The summed E-state index contributed by atoms with van der Waals surface area (Å²) in [5.41, 5.74) is 0.410. The maximum absolute atomic E-state index is 12.6. The van der Waals surface area contributed by atoms with Crippen LogP contribution in [-0.4, -0.2) is 47.3 Å². The fraction of sp³-hybridized carbons (Fsp3) is 0.867. The number of piperazine rings is 1. The molecule has 4 fully saturated rings. The van der Waals surface area contributed by atoms with E-state index in [2.05, 4.69) is 0 Å². The Morgan fingerprint density at radius 3 is 2.58 bits per heavy atom. The Balaban J connectivity index is 1.50. The number of rotatable bonds is 3. The Kier molecular flexibility index (Phi) is 2.45. The molecule has 0 aromatic rings. The van der Waals surface area contributed by atoms with Crippen molar-refractivity contribution in [1.82, 2.24) is 9.80 Å². The van der Waals surface area contributed by atoms with Crippen LogP contribution in [0.2, 0.25) is 0 Å². The van der Waals surface area contributed by atoms with Crippen molar-refractivity contribution in [3.05, 3.63) is 0 Å². The van der Waals surface area contributed by atoms with Crippen molar-refractivity contribution in [2.24, 2.45) is 11.3 Å². The molecule has 104 valence electrons. The number of amides is 2. The predicted molar refractivity (Wildman–Crippen MR) is 70.3 cm³/mol. The zero-order valence-electron chi connectivity index (χ0n) is 11.4. The monoisotopic (exact) mass is 262 g/mol. The average Bonchev–Trinajstić information content (AvgIpc) is 3.27. The Hall–Kier alpha value is -1.06. The van der Waals surface area contributed by atoms with Crippen LogP contribution in [0.4, 0.5) is 0 Å². The summed E-state index contributed by atoms with van der Waals surface area (Å²) in [6.45, 7) is 1.98. The van der Waals surface area contributed by atoms with Crippen LogP contribution in [0.15, 0.2) is 0 Å². The van der Waals surface area contributed by atoms with Gasteiger partial charge in [0.1, 0.15) is 6.04 Å². The van der Waals surface area contributed by atoms with Gasteiger partial charge in [0.05, 0.1) is 6.54 Å². The van der Waals surface area contributed by atoms with E-state index in [0.717, 1.165) is 38.3 Å². The normalized spacial score (nSPS) is 33.4. The van der Waals surface area contributed by atoms with Crippen molar-refractivity contribution in [1.29, 1.82) is 0 Å². The molecule has 2 amide bonds. The van der Waals surface area contributed by atoms with Crippen molar-refractivity contribution in [2.75, 3.05) is 19.6 Å². The molecule has 4 aliphatic rings. The minimum absolute atomic E-state index is 0.134. The minimum Gasteiger partial charge on any atom is -0.331 e. The van der Waals surface area contributed by atoms with Crippen molar-refractivity contribution in [3.8, 4) is 0 Å². The lowest BCUT2D eigenvalue weighted by Crippen LogP contribution is -2.62. The van der Waals surface area contributed by atoms with Gasteiger partial charge in [-0.2, -0.15) is 0 Å². The molecule has 2 heterocycles. The summed E-state index contributed by atoms with van der Waals surface area (Å²) in [4.78, 5) is 28.5. The zero-order valence-corrected chi connectivity index (χ0v) is 11.4. The van der Waals surface area contributed by atoms with E-state index in [9.17, 15) is 9.59 Å². The maximum Gasteiger partial charge on any atom is 0.245 e. The van der Waals surface area contributed by atoms with E-state index in [0.29, 0.717) is 12.0 Å². The van der Waals surface area contributed by atoms with Crippen molar-refractivity contribution < 1.29 is 9.59 Å². The van der Waals surface area contributed by atoms with Crippen LogP contribution >= 0.6 is 0 Å². The Bertz CT molecular complexity index is 426. The molecule has 0 bridgehead atoms. The van der Waals surface area contributed by atoms with Crippen LogP contribution in [0.1, 0.15) is 44.9 Å². The molecule has 0 aromatic carbocycles. The van der Waals surface area contributed by atoms with Gasteiger partial charge in [-0.3, -0.25) is 9.59 Å². The molecule has 0 spiro atoms. The molecule has 4 heteroatoms. The highest BCUT2D eigenvalue weighted by Gasteiger charge is 2.56. The molecule has 2 aliphatic carbocycles. The van der Waals surface area contributed by atoms with Crippen LogP contribution in [0.5, 0.6) is 0 Å². The summed E-state index contributed by atoms with van der Waals surface area (Å²) in [7, 11) is 0. The number of nitrogens with zero attached hydrogens (tertiary/aromatic N) is 2. The fourth-order valence-corrected chi connectivity index (χ4v) is 4.10. The highest BCUT2D eigenvalue weighted by Crippen LogP contribution is 2.61.